The number of benzene rings is 2. The van der Waals surface area contributed by atoms with Gasteiger partial charge in [0.1, 0.15) is 6.04 Å². The maximum Gasteiger partial charge on any atom is 0.244 e. The summed E-state index contributed by atoms with van der Waals surface area (Å²) in [6.45, 7) is 3.76. The van der Waals surface area contributed by atoms with Crippen LogP contribution in [-0.2, 0) is 21.2 Å². The van der Waals surface area contributed by atoms with Crippen molar-refractivity contribution in [1.29, 1.82) is 0 Å². The van der Waals surface area contributed by atoms with Gasteiger partial charge in [-0.25, -0.2) is 8.42 Å². The van der Waals surface area contributed by atoms with Crippen LogP contribution >= 0.6 is 0 Å². The molecule has 0 aliphatic heterocycles. The Balaban J connectivity index is 2.08. The lowest BCUT2D eigenvalue weighted by molar-refractivity contribution is -0.122. The van der Waals surface area contributed by atoms with Crippen molar-refractivity contribution >= 4 is 21.6 Å². The van der Waals surface area contributed by atoms with Crippen LogP contribution in [-0.4, -0.2) is 32.7 Å². The standard InChI is InChI=1S/C21H28N2O3S/c1-4-20(23(27(3,25)26)19-13-9-6-10-14-19)21(24)22-17(2)15-16-18-11-7-5-8-12-18/h5-14,17,20H,4,15-16H2,1-3H3,(H,22,24). The number of sulfonamides is 1. The number of carbonyl (C=O) groups is 1. The summed E-state index contributed by atoms with van der Waals surface area (Å²) in [4.78, 5) is 12.8. The lowest BCUT2D eigenvalue weighted by Gasteiger charge is -2.31. The molecule has 2 rings (SSSR count). The third-order valence-corrected chi connectivity index (χ3v) is 5.62. The molecule has 0 saturated carbocycles. The Bertz CT molecular complexity index is 823. The number of aryl methyl sites for hydroxylation is 1. The van der Waals surface area contributed by atoms with Gasteiger partial charge in [0.2, 0.25) is 15.9 Å². The SMILES string of the molecule is CCC(C(=O)NC(C)CCc1ccccc1)N(c1ccccc1)S(C)(=O)=O. The Labute approximate surface area is 162 Å². The fraction of sp³-hybridized carbons (Fsp3) is 0.381. The average molecular weight is 389 g/mol. The fourth-order valence-electron chi connectivity index (χ4n) is 3.07. The Kier molecular flexibility index (Phi) is 7.42. The van der Waals surface area contributed by atoms with Gasteiger partial charge in [0.15, 0.2) is 0 Å². The third-order valence-electron chi connectivity index (χ3n) is 4.44. The lowest BCUT2D eigenvalue weighted by Crippen LogP contribution is -2.51. The van der Waals surface area contributed by atoms with Crippen molar-refractivity contribution in [2.75, 3.05) is 10.6 Å². The van der Waals surface area contributed by atoms with Gasteiger partial charge in [0, 0.05) is 6.04 Å². The number of nitrogens with one attached hydrogen (secondary N) is 1. The number of carbonyl (C=O) groups excluding carboxylic acids is 1. The number of anilines is 1. The topological polar surface area (TPSA) is 66.5 Å². The summed E-state index contributed by atoms with van der Waals surface area (Å²) in [5.74, 6) is -0.271. The van der Waals surface area contributed by atoms with Crippen molar-refractivity contribution in [3.05, 3.63) is 66.2 Å². The number of hydrogen-bond donors (Lipinski definition) is 1. The number of rotatable bonds is 9. The van der Waals surface area contributed by atoms with Crippen LogP contribution in [0, 0.1) is 0 Å². The maximum absolute atomic E-state index is 12.8. The van der Waals surface area contributed by atoms with Crippen LogP contribution in [0.25, 0.3) is 0 Å². The Morgan fingerprint density at radius 2 is 1.59 bits per heavy atom. The van der Waals surface area contributed by atoms with Crippen LogP contribution in [0.4, 0.5) is 5.69 Å². The summed E-state index contributed by atoms with van der Waals surface area (Å²) >= 11 is 0. The van der Waals surface area contributed by atoms with Gasteiger partial charge < -0.3 is 5.32 Å². The highest BCUT2D eigenvalue weighted by atomic mass is 32.2. The molecule has 6 heteroatoms. The summed E-state index contributed by atoms with van der Waals surface area (Å²) in [5, 5.41) is 2.98. The molecule has 2 unspecified atom stereocenters. The Morgan fingerprint density at radius 1 is 1.04 bits per heavy atom. The molecule has 0 radical (unpaired) electrons. The second kappa shape index (κ2) is 9.55. The van der Waals surface area contributed by atoms with Gasteiger partial charge in [-0.15, -0.1) is 0 Å². The first-order valence-electron chi connectivity index (χ1n) is 9.21. The van der Waals surface area contributed by atoms with Gasteiger partial charge in [0.25, 0.3) is 0 Å². The smallest absolute Gasteiger partial charge is 0.244 e. The van der Waals surface area contributed by atoms with E-state index in [4.69, 9.17) is 0 Å². The Morgan fingerprint density at radius 3 is 2.11 bits per heavy atom. The highest BCUT2D eigenvalue weighted by Crippen LogP contribution is 2.22. The molecule has 0 bridgehead atoms. The molecule has 2 aromatic carbocycles. The quantitative estimate of drug-likeness (QED) is 0.716. The Hall–Kier alpha value is -2.34. The van der Waals surface area contributed by atoms with Gasteiger partial charge in [-0.1, -0.05) is 55.5 Å². The van der Waals surface area contributed by atoms with Crippen LogP contribution in [0.2, 0.25) is 0 Å². The van der Waals surface area contributed by atoms with Gasteiger partial charge in [0.05, 0.1) is 11.9 Å². The molecule has 0 aliphatic rings. The molecule has 1 amide bonds. The predicted molar refractivity (Wildman–Crippen MR) is 110 cm³/mol. The zero-order chi connectivity index (χ0) is 19.9. The zero-order valence-corrected chi connectivity index (χ0v) is 16.9. The molecule has 0 fully saturated rings. The number of hydrogen-bond acceptors (Lipinski definition) is 3. The van der Waals surface area contributed by atoms with E-state index in [9.17, 15) is 13.2 Å². The summed E-state index contributed by atoms with van der Waals surface area (Å²) in [6.07, 6.45) is 3.16. The predicted octanol–water partition coefficient (Wildman–Crippen LogP) is 3.37. The molecule has 2 aromatic rings. The van der Waals surface area contributed by atoms with E-state index < -0.39 is 16.1 Å². The number of nitrogens with zero attached hydrogens (tertiary/aromatic N) is 1. The highest BCUT2D eigenvalue weighted by Gasteiger charge is 2.31. The summed E-state index contributed by atoms with van der Waals surface area (Å²) in [7, 11) is -3.59. The normalized spacial score (nSPS) is 13.6. The van der Waals surface area contributed by atoms with E-state index in [2.05, 4.69) is 17.4 Å². The van der Waals surface area contributed by atoms with Gasteiger partial charge in [-0.3, -0.25) is 9.10 Å². The van der Waals surface area contributed by atoms with Crippen LogP contribution < -0.4 is 9.62 Å². The molecule has 0 aliphatic carbocycles. The first-order valence-corrected chi connectivity index (χ1v) is 11.1. The van der Waals surface area contributed by atoms with Crippen molar-refractivity contribution in [1.82, 2.24) is 5.32 Å². The van der Waals surface area contributed by atoms with E-state index in [0.29, 0.717) is 12.1 Å². The fourth-order valence-corrected chi connectivity index (χ4v) is 4.29. The first kappa shape index (κ1) is 21.0. The molecule has 27 heavy (non-hydrogen) atoms. The molecule has 5 nitrogen and oxygen atoms in total. The van der Waals surface area contributed by atoms with E-state index in [-0.39, 0.29) is 11.9 Å². The van der Waals surface area contributed by atoms with Crippen molar-refractivity contribution in [3.63, 3.8) is 0 Å². The van der Waals surface area contributed by atoms with Crippen LogP contribution in [0.3, 0.4) is 0 Å². The maximum atomic E-state index is 12.8. The number of amides is 1. The molecule has 0 saturated heterocycles. The monoisotopic (exact) mass is 388 g/mol. The van der Waals surface area contributed by atoms with E-state index in [1.807, 2.05) is 38.1 Å². The molecule has 146 valence electrons. The van der Waals surface area contributed by atoms with Crippen molar-refractivity contribution in [2.45, 2.75) is 45.2 Å². The van der Waals surface area contributed by atoms with E-state index in [1.54, 1.807) is 24.3 Å². The van der Waals surface area contributed by atoms with Gasteiger partial charge in [-0.2, -0.15) is 0 Å². The van der Waals surface area contributed by atoms with E-state index >= 15 is 0 Å². The molecule has 1 N–H and O–H groups in total. The largest absolute Gasteiger partial charge is 0.352 e. The molecular formula is C21H28N2O3S. The molecule has 0 spiro atoms. The minimum atomic E-state index is -3.59. The van der Waals surface area contributed by atoms with Crippen LogP contribution in [0.5, 0.6) is 0 Å². The van der Waals surface area contributed by atoms with Crippen molar-refractivity contribution in [2.24, 2.45) is 0 Å². The van der Waals surface area contributed by atoms with E-state index in [0.717, 1.165) is 19.1 Å². The second-order valence-electron chi connectivity index (χ2n) is 6.75. The molecule has 2 atom stereocenters. The summed E-state index contributed by atoms with van der Waals surface area (Å²) < 4.78 is 26.0. The van der Waals surface area contributed by atoms with Crippen LogP contribution in [0.1, 0.15) is 32.3 Å². The minimum absolute atomic E-state index is 0.0519. The van der Waals surface area contributed by atoms with Crippen LogP contribution in [0.15, 0.2) is 60.7 Å². The van der Waals surface area contributed by atoms with E-state index in [1.165, 1.54) is 9.87 Å². The third kappa shape index (κ3) is 6.10. The zero-order valence-electron chi connectivity index (χ0n) is 16.1. The number of para-hydroxylation sites is 1. The average Bonchev–Trinajstić information content (AvgIpc) is 2.64. The first-order chi connectivity index (χ1) is 12.8. The van der Waals surface area contributed by atoms with Crippen molar-refractivity contribution in [3.8, 4) is 0 Å². The second-order valence-corrected chi connectivity index (χ2v) is 8.61. The summed E-state index contributed by atoms with van der Waals surface area (Å²) in [5.41, 5.74) is 1.71. The molecular weight excluding hydrogens is 360 g/mol. The highest BCUT2D eigenvalue weighted by molar-refractivity contribution is 7.92. The lowest BCUT2D eigenvalue weighted by atomic mass is 10.1. The summed E-state index contributed by atoms with van der Waals surface area (Å²) in [6, 6.07) is 18.0. The minimum Gasteiger partial charge on any atom is -0.352 e. The molecule has 0 aromatic heterocycles. The van der Waals surface area contributed by atoms with Crippen molar-refractivity contribution < 1.29 is 13.2 Å². The van der Waals surface area contributed by atoms with Gasteiger partial charge >= 0.3 is 0 Å². The molecule has 0 heterocycles. The van der Waals surface area contributed by atoms with Gasteiger partial charge in [-0.05, 0) is 43.9 Å².